The number of halogens is 1. The van der Waals surface area contributed by atoms with Gasteiger partial charge in [0.25, 0.3) is 0 Å². The molecule has 23 heavy (non-hydrogen) atoms. The summed E-state index contributed by atoms with van der Waals surface area (Å²) in [5, 5.41) is 10.4. The minimum absolute atomic E-state index is 0.0587. The van der Waals surface area contributed by atoms with E-state index >= 15 is 0 Å². The molecule has 1 aromatic carbocycles. The van der Waals surface area contributed by atoms with Crippen LogP contribution in [0.3, 0.4) is 0 Å². The Hall–Kier alpha value is -2.38. The zero-order valence-electron chi connectivity index (χ0n) is 13.5. The summed E-state index contributed by atoms with van der Waals surface area (Å²) in [5.74, 6) is 0.463. The van der Waals surface area contributed by atoms with Crippen LogP contribution in [0.2, 0.25) is 5.15 Å². The van der Waals surface area contributed by atoms with Crippen LogP contribution < -0.4 is 4.74 Å². The number of nitrogens with zero attached hydrogens (tertiary/aromatic N) is 2. The maximum atomic E-state index is 12.3. The normalized spacial score (nSPS) is 12.1. The van der Waals surface area contributed by atoms with E-state index in [9.17, 15) is 10.1 Å². The van der Waals surface area contributed by atoms with Gasteiger partial charge >= 0.3 is 0 Å². The van der Waals surface area contributed by atoms with Crippen molar-refractivity contribution >= 4 is 34.4 Å². The smallest absolute Gasteiger partial charge is 0.178 e. The number of ether oxygens (including phenoxy) is 1. The van der Waals surface area contributed by atoms with Crippen LogP contribution in [-0.2, 0) is 4.79 Å². The van der Waals surface area contributed by atoms with E-state index in [-0.39, 0.29) is 16.5 Å². The zero-order chi connectivity index (χ0) is 17.2. The zero-order valence-corrected chi connectivity index (χ0v) is 14.2. The van der Waals surface area contributed by atoms with Crippen LogP contribution in [0.15, 0.2) is 29.8 Å². The largest absolute Gasteiger partial charge is 0.497 e. The van der Waals surface area contributed by atoms with Crippen molar-refractivity contribution in [1.29, 1.82) is 5.26 Å². The van der Waals surface area contributed by atoms with Crippen LogP contribution >= 0.6 is 11.6 Å². The molecular formula is C18H17ClN2O2. The van der Waals surface area contributed by atoms with Gasteiger partial charge in [0.2, 0.25) is 0 Å². The first-order valence-electron chi connectivity index (χ1n) is 7.07. The fraction of sp³-hybridized carbons (Fsp3) is 0.278. The number of benzene rings is 1. The summed E-state index contributed by atoms with van der Waals surface area (Å²) in [4.78, 5) is 16.6. The molecule has 0 fully saturated rings. The van der Waals surface area contributed by atoms with Crippen LogP contribution in [0.25, 0.3) is 17.0 Å². The second-order valence-corrected chi connectivity index (χ2v) is 6.53. The number of nitriles is 1. The van der Waals surface area contributed by atoms with Crippen LogP contribution in [0.1, 0.15) is 26.3 Å². The number of fused-ring (bicyclic) bond motifs is 1. The van der Waals surface area contributed by atoms with E-state index in [1.54, 1.807) is 46.1 Å². The SMILES string of the molecule is COc1ccc2nc(Cl)c(C=C(C#N)C(=O)C(C)(C)C)cc2c1. The molecule has 5 heteroatoms. The number of carbonyl (C=O) groups is 1. The molecular weight excluding hydrogens is 312 g/mol. The number of carbonyl (C=O) groups excluding carboxylic acids is 1. The molecule has 0 saturated carbocycles. The van der Waals surface area contributed by atoms with E-state index in [4.69, 9.17) is 16.3 Å². The van der Waals surface area contributed by atoms with Crippen LogP contribution in [0.5, 0.6) is 5.75 Å². The quantitative estimate of drug-likeness (QED) is 0.475. The number of hydrogen-bond acceptors (Lipinski definition) is 4. The molecule has 1 heterocycles. The third kappa shape index (κ3) is 3.69. The number of ketones is 1. The molecule has 0 saturated heterocycles. The first kappa shape index (κ1) is 17.0. The highest BCUT2D eigenvalue weighted by Gasteiger charge is 2.25. The van der Waals surface area contributed by atoms with Gasteiger partial charge in [-0.1, -0.05) is 32.4 Å². The van der Waals surface area contributed by atoms with Crippen molar-refractivity contribution in [3.8, 4) is 11.8 Å². The van der Waals surface area contributed by atoms with Gasteiger partial charge in [-0.05, 0) is 30.3 Å². The van der Waals surface area contributed by atoms with Gasteiger partial charge in [0.15, 0.2) is 5.78 Å². The highest BCUT2D eigenvalue weighted by Crippen LogP contribution is 2.27. The molecule has 0 amide bonds. The van der Waals surface area contributed by atoms with E-state index in [0.29, 0.717) is 16.8 Å². The fourth-order valence-corrected chi connectivity index (χ4v) is 2.28. The van der Waals surface area contributed by atoms with Crippen molar-refractivity contribution in [2.75, 3.05) is 7.11 Å². The van der Waals surface area contributed by atoms with Gasteiger partial charge in [0, 0.05) is 16.4 Å². The van der Waals surface area contributed by atoms with Crippen molar-refractivity contribution in [3.63, 3.8) is 0 Å². The monoisotopic (exact) mass is 328 g/mol. The molecule has 0 radical (unpaired) electrons. The Morgan fingerprint density at radius 3 is 2.61 bits per heavy atom. The molecule has 0 spiro atoms. The van der Waals surface area contributed by atoms with E-state index in [2.05, 4.69) is 4.98 Å². The van der Waals surface area contributed by atoms with Crippen molar-refractivity contribution < 1.29 is 9.53 Å². The minimum Gasteiger partial charge on any atom is -0.497 e. The Labute approximate surface area is 140 Å². The Morgan fingerprint density at radius 2 is 2.04 bits per heavy atom. The van der Waals surface area contributed by atoms with Crippen molar-refractivity contribution in [3.05, 3.63) is 40.6 Å². The van der Waals surface area contributed by atoms with Gasteiger partial charge in [-0.25, -0.2) is 4.98 Å². The van der Waals surface area contributed by atoms with Crippen molar-refractivity contribution in [1.82, 2.24) is 4.98 Å². The molecule has 0 aliphatic heterocycles. The summed E-state index contributed by atoms with van der Waals surface area (Å²) >= 11 is 6.19. The van der Waals surface area contributed by atoms with Crippen LogP contribution in [0.4, 0.5) is 0 Å². The molecule has 0 N–H and O–H groups in total. The van der Waals surface area contributed by atoms with E-state index < -0.39 is 5.41 Å². The minimum atomic E-state index is -0.637. The lowest BCUT2D eigenvalue weighted by molar-refractivity contribution is -0.121. The first-order valence-corrected chi connectivity index (χ1v) is 7.45. The van der Waals surface area contributed by atoms with E-state index in [1.165, 1.54) is 6.08 Å². The Balaban J connectivity index is 2.58. The molecule has 2 aromatic rings. The van der Waals surface area contributed by atoms with E-state index in [0.717, 1.165) is 5.39 Å². The molecule has 0 aliphatic carbocycles. The Bertz CT molecular complexity index is 842. The van der Waals surface area contributed by atoms with Gasteiger partial charge in [0.05, 0.1) is 18.2 Å². The predicted octanol–water partition coefficient (Wildman–Crippen LogP) is 4.42. The first-order chi connectivity index (χ1) is 10.8. The summed E-state index contributed by atoms with van der Waals surface area (Å²) < 4.78 is 5.19. The lowest BCUT2D eigenvalue weighted by Gasteiger charge is -2.15. The number of pyridine rings is 1. The summed E-state index contributed by atoms with van der Waals surface area (Å²) in [6.45, 7) is 5.31. The Kier molecular flexibility index (Phi) is 4.72. The summed E-state index contributed by atoms with van der Waals surface area (Å²) in [5.41, 5.74) is 0.667. The number of allylic oxidation sites excluding steroid dienone is 1. The number of aromatic nitrogens is 1. The molecule has 0 aliphatic rings. The summed E-state index contributed by atoms with van der Waals surface area (Å²) in [6, 6.07) is 9.18. The summed E-state index contributed by atoms with van der Waals surface area (Å²) in [7, 11) is 1.58. The van der Waals surface area contributed by atoms with Gasteiger partial charge < -0.3 is 4.74 Å². The number of Topliss-reactive ketones (excluding diaryl/α,β-unsaturated/α-hetero) is 1. The molecule has 1 aromatic heterocycles. The third-order valence-electron chi connectivity index (χ3n) is 3.35. The molecule has 0 bridgehead atoms. The topological polar surface area (TPSA) is 63.0 Å². The molecule has 2 rings (SSSR count). The van der Waals surface area contributed by atoms with Crippen molar-refractivity contribution in [2.45, 2.75) is 20.8 Å². The average molecular weight is 329 g/mol. The number of rotatable bonds is 3. The molecule has 0 unspecified atom stereocenters. The lowest BCUT2D eigenvalue weighted by atomic mass is 9.86. The Morgan fingerprint density at radius 1 is 1.35 bits per heavy atom. The molecule has 0 atom stereocenters. The maximum Gasteiger partial charge on any atom is 0.178 e. The van der Waals surface area contributed by atoms with Gasteiger partial charge in [0.1, 0.15) is 17.0 Å². The fourth-order valence-electron chi connectivity index (χ4n) is 2.08. The van der Waals surface area contributed by atoms with Gasteiger partial charge in [-0.15, -0.1) is 0 Å². The number of methoxy groups -OCH3 is 1. The van der Waals surface area contributed by atoms with Gasteiger partial charge in [-0.3, -0.25) is 4.79 Å². The third-order valence-corrected chi connectivity index (χ3v) is 3.65. The lowest BCUT2D eigenvalue weighted by Crippen LogP contribution is -2.21. The molecule has 4 nitrogen and oxygen atoms in total. The predicted molar refractivity (Wildman–Crippen MR) is 91.4 cm³/mol. The van der Waals surface area contributed by atoms with Crippen molar-refractivity contribution in [2.24, 2.45) is 5.41 Å². The average Bonchev–Trinajstić information content (AvgIpc) is 2.50. The van der Waals surface area contributed by atoms with Gasteiger partial charge in [-0.2, -0.15) is 5.26 Å². The van der Waals surface area contributed by atoms with Crippen LogP contribution in [0, 0.1) is 16.7 Å². The highest BCUT2D eigenvalue weighted by atomic mass is 35.5. The number of hydrogen-bond donors (Lipinski definition) is 0. The maximum absolute atomic E-state index is 12.3. The second kappa shape index (κ2) is 6.39. The van der Waals surface area contributed by atoms with E-state index in [1.807, 2.05) is 12.1 Å². The molecule has 118 valence electrons. The van der Waals surface area contributed by atoms with Crippen LogP contribution in [-0.4, -0.2) is 17.9 Å². The standard InChI is InChI=1S/C18H17ClN2O2/c1-18(2,3)16(22)13(10-20)8-12-7-11-9-14(23-4)5-6-15(11)21-17(12)19/h5-9H,1-4H3. The second-order valence-electron chi connectivity index (χ2n) is 6.18. The summed E-state index contributed by atoms with van der Waals surface area (Å²) in [6.07, 6.45) is 1.49. The highest BCUT2D eigenvalue weighted by molar-refractivity contribution is 6.31.